The lowest BCUT2D eigenvalue weighted by atomic mass is 9.55. The van der Waals surface area contributed by atoms with Crippen molar-refractivity contribution in [3.63, 3.8) is 0 Å². The van der Waals surface area contributed by atoms with Crippen molar-refractivity contribution in [2.24, 2.45) is 23.2 Å². The van der Waals surface area contributed by atoms with Gasteiger partial charge in [0.1, 0.15) is 61.0 Å². The van der Waals surface area contributed by atoms with Crippen molar-refractivity contribution in [1.29, 1.82) is 0 Å². The molecule has 0 spiro atoms. The van der Waals surface area contributed by atoms with Crippen LogP contribution in [0.1, 0.15) is 113 Å². The predicted molar refractivity (Wildman–Crippen MR) is 296 cm³/mol. The maximum atomic E-state index is 13.9. The summed E-state index contributed by atoms with van der Waals surface area (Å²) in [6, 6.07) is 0. The second kappa shape index (κ2) is 27.4. The van der Waals surface area contributed by atoms with E-state index in [0.717, 1.165) is 18.4 Å². The van der Waals surface area contributed by atoms with Crippen LogP contribution in [0, 0.1) is 23.2 Å². The first-order chi connectivity index (χ1) is 41.6. The largest absolute Gasteiger partial charge is 0.469 e. The average Bonchev–Trinajstić information content (AvgIpc) is 1.83. The highest BCUT2D eigenvalue weighted by molar-refractivity contribution is 5.74. The maximum Gasteiger partial charge on any atom is 0.309 e. The number of fused-ring (bicyclic) bond motifs is 3. The standard InChI is InChI=1S/C61H96O26/c1-26-53(83-46-19-39(70-9)56(29(4)77-46)86-48-21-41(72-11)57(30(5)79-48)87-59-52(67)51(66)50(65)42(23-62)82-59)35(63)17-44(75-26)84-54-28(3)78-47(20-40(54)71-10)85-55-27(2)76-45(18-38(55)69-8)80-37-16-32-13-14-33-34(60(32,6)22-36(37)64)15-12-31-24-73-61(7)49(31)43(25-74-61)81-58(33)68/h13,24,26-30,33-57,59,62-67H,12,14-23,25H2,1-11H3. The molecule has 26 nitrogen and oxygen atoms in total. The van der Waals surface area contributed by atoms with Crippen molar-refractivity contribution < 1.29 is 125 Å². The second-order valence-corrected chi connectivity index (χ2v) is 26.3. The third-order valence-electron chi connectivity index (χ3n) is 20.8. The molecule has 2 aliphatic carbocycles. The Morgan fingerprint density at radius 3 is 1.56 bits per heavy atom. The van der Waals surface area contributed by atoms with Crippen LogP contribution in [0.5, 0.6) is 0 Å². The Hall–Kier alpha value is -2.17. The fourth-order valence-electron chi connectivity index (χ4n) is 16.0. The lowest BCUT2D eigenvalue weighted by Gasteiger charge is -2.52. The van der Waals surface area contributed by atoms with Crippen LogP contribution in [-0.2, 0) is 94.8 Å². The molecule has 0 radical (unpaired) electrons. The molecular weight excluding hydrogens is 1150 g/mol. The molecule has 11 aliphatic rings. The van der Waals surface area contributed by atoms with Gasteiger partial charge in [-0.15, -0.1) is 0 Å². The first kappa shape index (κ1) is 66.3. The molecular formula is C61H96O26. The quantitative estimate of drug-likeness (QED) is 0.0895. The fourth-order valence-corrected chi connectivity index (χ4v) is 16.0. The molecule has 33 atom stereocenters. The Labute approximate surface area is 508 Å². The molecule has 496 valence electrons. The van der Waals surface area contributed by atoms with Crippen LogP contribution in [-0.4, -0.2) is 256 Å². The minimum Gasteiger partial charge on any atom is -0.469 e. The molecule has 26 heteroatoms. The molecule has 1 saturated carbocycles. The van der Waals surface area contributed by atoms with Crippen LogP contribution in [0.2, 0.25) is 0 Å². The third kappa shape index (κ3) is 13.4. The summed E-state index contributed by atoms with van der Waals surface area (Å²) in [5, 5.41) is 64.4. The van der Waals surface area contributed by atoms with Gasteiger partial charge in [-0.3, -0.25) is 4.79 Å². The van der Waals surface area contributed by atoms with Gasteiger partial charge in [0.2, 0.25) is 5.79 Å². The molecule has 87 heavy (non-hydrogen) atoms. The number of methoxy groups -OCH3 is 4. The van der Waals surface area contributed by atoms with Crippen molar-refractivity contribution in [3.05, 3.63) is 23.5 Å². The number of esters is 1. The number of allylic oxidation sites excluding steroid dienone is 1. The number of ether oxygens (including phenoxy) is 19. The Morgan fingerprint density at radius 2 is 1.06 bits per heavy atom. The van der Waals surface area contributed by atoms with Crippen LogP contribution in [0.15, 0.2) is 23.5 Å². The van der Waals surface area contributed by atoms with Gasteiger partial charge in [0.15, 0.2) is 37.7 Å². The highest BCUT2D eigenvalue weighted by atomic mass is 16.8. The van der Waals surface area contributed by atoms with Gasteiger partial charge in [0, 0.05) is 67.5 Å². The third-order valence-corrected chi connectivity index (χ3v) is 20.8. The van der Waals surface area contributed by atoms with Crippen LogP contribution in [0.4, 0.5) is 0 Å². The molecule has 0 bridgehead atoms. The fraction of sp³-hybridized carbons (Fsp3) is 0.918. The SMILES string of the molecule is COC1CC(OC2C(C)OC(OC3CC4=CCC5C(=O)OC6COC7(C)OC=C(CCC5C4(C)CC3O)C67)CC2OC)OC(C)C1OC1CC(O)C(OC2CC(OC)C(OC3CC(OC)C(OC4OC(CO)C(O)C(O)C4O)C(C)O3)C(C)O2)C(C)O1. The van der Waals surface area contributed by atoms with Gasteiger partial charge >= 0.3 is 5.97 Å². The smallest absolute Gasteiger partial charge is 0.309 e. The van der Waals surface area contributed by atoms with E-state index in [1.54, 1.807) is 41.4 Å². The van der Waals surface area contributed by atoms with E-state index >= 15 is 0 Å². The minimum absolute atomic E-state index is 0.0380. The zero-order chi connectivity index (χ0) is 62.0. The first-order valence-corrected chi connectivity index (χ1v) is 31.5. The normalized spacial score (nSPS) is 52.0. The van der Waals surface area contributed by atoms with Gasteiger partial charge in [-0.2, -0.15) is 0 Å². The van der Waals surface area contributed by atoms with Gasteiger partial charge in [0.05, 0.1) is 105 Å². The van der Waals surface area contributed by atoms with E-state index in [1.165, 1.54) is 12.7 Å². The van der Waals surface area contributed by atoms with E-state index in [4.69, 9.17) is 90.0 Å². The van der Waals surface area contributed by atoms with Crippen LogP contribution in [0.3, 0.4) is 0 Å². The zero-order valence-corrected chi connectivity index (χ0v) is 51.9. The number of hydrogen-bond donors (Lipinski definition) is 6. The van der Waals surface area contributed by atoms with Crippen LogP contribution < -0.4 is 0 Å². The summed E-state index contributed by atoms with van der Waals surface area (Å²) in [6.45, 7) is 13.0. The Morgan fingerprint density at radius 1 is 0.575 bits per heavy atom. The molecule has 8 saturated heterocycles. The van der Waals surface area contributed by atoms with Crippen molar-refractivity contribution >= 4 is 5.97 Å². The molecule has 0 aromatic heterocycles. The molecule has 0 aromatic carbocycles. The summed E-state index contributed by atoms with van der Waals surface area (Å²) in [4.78, 5) is 13.9. The van der Waals surface area contributed by atoms with Gasteiger partial charge in [0.25, 0.3) is 0 Å². The van der Waals surface area contributed by atoms with E-state index < -0.39 is 184 Å². The molecule has 0 amide bonds. The number of aliphatic hydroxyl groups is 6. The summed E-state index contributed by atoms with van der Waals surface area (Å²) < 4.78 is 118. The molecule has 0 aromatic rings. The van der Waals surface area contributed by atoms with Crippen LogP contribution >= 0.6 is 0 Å². The summed E-state index contributed by atoms with van der Waals surface area (Å²) in [7, 11) is 6.30. The first-order valence-electron chi connectivity index (χ1n) is 31.5. The second-order valence-electron chi connectivity index (χ2n) is 26.3. The van der Waals surface area contributed by atoms with Gasteiger partial charge in [-0.05, 0) is 83.6 Å². The van der Waals surface area contributed by atoms with E-state index in [9.17, 15) is 35.4 Å². The van der Waals surface area contributed by atoms with E-state index in [1.807, 2.05) is 27.7 Å². The predicted octanol–water partition coefficient (Wildman–Crippen LogP) is 1.90. The van der Waals surface area contributed by atoms with Gasteiger partial charge < -0.3 is 121 Å². The molecule has 6 N–H and O–H groups in total. The maximum absolute atomic E-state index is 13.9. The highest BCUT2D eigenvalue weighted by Crippen LogP contribution is 2.57. The van der Waals surface area contributed by atoms with Crippen LogP contribution in [0.25, 0.3) is 0 Å². The van der Waals surface area contributed by atoms with Crippen molar-refractivity contribution in [2.75, 3.05) is 41.7 Å². The summed E-state index contributed by atoms with van der Waals surface area (Å²) in [5.41, 5.74) is 1.85. The van der Waals surface area contributed by atoms with Crippen molar-refractivity contribution in [2.45, 2.75) is 290 Å². The molecule has 9 aliphatic heterocycles. The van der Waals surface area contributed by atoms with Crippen molar-refractivity contribution in [1.82, 2.24) is 0 Å². The molecule has 9 fully saturated rings. The Bertz CT molecular complexity index is 2350. The number of rotatable bonds is 17. The number of carbonyl (C=O) groups excluding carboxylic acids is 1. The lowest BCUT2D eigenvalue weighted by Crippen LogP contribution is -2.62. The van der Waals surface area contributed by atoms with Crippen molar-refractivity contribution in [3.8, 4) is 0 Å². The molecule has 9 heterocycles. The Balaban J connectivity index is 0.632. The molecule has 33 unspecified atom stereocenters. The number of carbonyl (C=O) groups is 1. The summed E-state index contributed by atoms with van der Waals surface area (Å²) in [6.07, 6.45) is -13.9. The molecule has 11 rings (SSSR count). The van der Waals surface area contributed by atoms with E-state index in [-0.39, 0.29) is 49.1 Å². The van der Waals surface area contributed by atoms with Gasteiger partial charge in [-0.25, -0.2) is 0 Å². The lowest BCUT2D eigenvalue weighted by molar-refractivity contribution is -0.359. The number of hydrogen-bond acceptors (Lipinski definition) is 26. The zero-order valence-electron chi connectivity index (χ0n) is 51.9. The summed E-state index contributed by atoms with van der Waals surface area (Å²) >= 11 is 0. The average molecular weight is 1250 g/mol. The number of aliphatic hydroxyl groups excluding tert-OH is 6. The minimum atomic E-state index is -1.61. The monoisotopic (exact) mass is 1240 g/mol. The summed E-state index contributed by atoms with van der Waals surface area (Å²) in [5.74, 6) is -1.53. The topological polar surface area (TPSA) is 314 Å². The van der Waals surface area contributed by atoms with E-state index in [2.05, 4.69) is 13.0 Å². The van der Waals surface area contributed by atoms with Gasteiger partial charge in [-0.1, -0.05) is 18.6 Å². The highest BCUT2D eigenvalue weighted by Gasteiger charge is 2.60. The Kier molecular flexibility index (Phi) is 20.9. The van der Waals surface area contributed by atoms with E-state index in [0.29, 0.717) is 38.7 Å².